The maximum absolute atomic E-state index is 12.8. The molecule has 2 aromatic heterocycles. The highest BCUT2D eigenvalue weighted by Crippen LogP contribution is 2.27. The predicted octanol–water partition coefficient (Wildman–Crippen LogP) is 2.81. The zero-order chi connectivity index (χ0) is 17.2. The maximum Gasteiger partial charge on any atom is 0.453 e. The highest BCUT2D eigenvalue weighted by molar-refractivity contribution is 5.44. The SMILES string of the molecule is COc1cccc(CCNc2ccc3nnc(C(F)(F)F)n3n2)c1. The fraction of sp³-hybridized carbons (Fsp3) is 0.267. The van der Waals surface area contributed by atoms with Crippen LogP contribution in [0.4, 0.5) is 19.0 Å². The van der Waals surface area contributed by atoms with E-state index in [0.29, 0.717) is 23.3 Å². The van der Waals surface area contributed by atoms with Crippen molar-refractivity contribution in [1.29, 1.82) is 0 Å². The molecule has 0 saturated carbocycles. The molecule has 126 valence electrons. The molecule has 0 aliphatic carbocycles. The van der Waals surface area contributed by atoms with E-state index >= 15 is 0 Å². The number of nitrogens with one attached hydrogen (secondary N) is 1. The lowest BCUT2D eigenvalue weighted by Crippen LogP contribution is -2.14. The molecular formula is C15H14F3N5O. The molecule has 0 amide bonds. The Morgan fingerprint density at radius 1 is 1.17 bits per heavy atom. The average Bonchev–Trinajstić information content (AvgIpc) is 2.98. The lowest BCUT2D eigenvalue weighted by molar-refractivity contribution is -0.146. The Morgan fingerprint density at radius 2 is 2.00 bits per heavy atom. The molecule has 0 unspecified atom stereocenters. The normalized spacial score (nSPS) is 11.7. The first kappa shape index (κ1) is 16.0. The number of benzene rings is 1. The molecule has 0 spiro atoms. The number of hydrogen-bond acceptors (Lipinski definition) is 5. The zero-order valence-corrected chi connectivity index (χ0v) is 12.7. The molecule has 3 aromatic rings. The molecule has 0 bridgehead atoms. The quantitative estimate of drug-likeness (QED) is 0.776. The second-order valence-corrected chi connectivity index (χ2v) is 5.04. The van der Waals surface area contributed by atoms with Gasteiger partial charge >= 0.3 is 6.18 Å². The van der Waals surface area contributed by atoms with Crippen LogP contribution in [-0.4, -0.2) is 33.5 Å². The van der Waals surface area contributed by atoms with Gasteiger partial charge in [-0.2, -0.15) is 17.7 Å². The van der Waals surface area contributed by atoms with Crippen LogP contribution in [0, 0.1) is 0 Å². The van der Waals surface area contributed by atoms with E-state index in [1.807, 2.05) is 24.3 Å². The van der Waals surface area contributed by atoms with Crippen molar-refractivity contribution in [3.63, 3.8) is 0 Å². The van der Waals surface area contributed by atoms with Gasteiger partial charge in [0, 0.05) is 6.54 Å². The van der Waals surface area contributed by atoms with Gasteiger partial charge in [-0.1, -0.05) is 12.1 Å². The maximum atomic E-state index is 12.8. The van der Waals surface area contributed by atoms with Crippen LogP contribution in [0.3, 0.4) is 0 Å². The number of methoxy groups -OCH3 is 1. The molecule has 1 aromatic carbocycles. The van der Waals surface area contributed by atoms with E-state index in [1.165, 1.54) is 6.07 Å². The van der Waals surface area contributed by atoms with Crippen molar-refractivity contribution in [2.75, 3.05) is 19.0 Å². The number of fused-ring (bicyclic) bond motifs is 1. The van der Waals surface area contributed by atoms with Crippen molar-refractivity contribution in [1.82, 2.24) is 19.8 Å². The predicted molar refractivity (Wildman–Crippen MR) is 81.0 cm³/mol. The minimum absolute atomic E-state index is 0.0423. The van der Waals surface area contributed by atoms with Crippen molar-refractivity contribution in [3.05, 3.63) is 47.8 Å². The van der Waals surface area contributed by atoms with E-state index in [4.69, 9.17) is 4.74 Å². The van der Waals surface area contributed by atoms with Gasteiger partial charge in [0.05, 0.1) is 7.11 Å². The molecule has 0 radical (unpaired) electrons. The highest BCUT2D eigenvalue weighted by Gasteiger charge is 2.37. The molecule has 0 saturated heterocycles. The number of anilines is 1. The van der Waals surface area contributed by atoms with E-state index in [1.54, 1.807) is 13.2 Å². The van der Waals surface area contributed by atoms with Gasteiger partial charge in [0.2, 0.25) is 0 Å². The standard InChI is InChI=1S/C15H14F3N5O/c1-24-11-4-2-3-10(9-11)7-8-19-12-5-6-13-20-21-14(15(16,17)18)23(13)22-12/h2-6,9H,7-8H2,1H3,(H,19,22). The van der Waals surface area contributed by atoms with E-state index in [0.717, 1.165) is 11.3 Å². The van der Waals surface area contributed by atoms with E-state index < -0.39 is 12.0 Å². The zero-order valence-electron chi connectivity index (χ0n) is 12.7. The van der Waals surface area contributed by atoms with E-state index in [-0.39, 0.29) is 5.65 Å². The summed E-state index contributed by atoms with van der Waals surface area (Å²) >= 11 is 0. The van der Waals surface area contributed by atoms with Crippen molar-refractivity contribution in [3.8, 4) is 5.75 Å². The highest BCUT2D eigenvalue weighted by atomic mass is 19.4. The first-order chi connectivity index (χ1) is 11.5. The summed E-state index contributed by atoms with van der Waals surface area (Å²) in [6.45, 7) is 0.509. The van der Waals surface area contributed by atoms with E-state index in [9.17, 15) is 13.2 Å². The summed E-state index contributed by atoms with van der Waals surface area (Å²) in [6, 6.07) is 10.6. The van der Waals surface area contributed by atoms with Gasteiger partial charge in [-0.05, 0) is 36.2 Å². The minimum Gasteiger partial charge on any atom is -0.497 e. The Hall–Kier alpha value is -2.84. The van der Waals surface area contributed by atoms with Crippen LogP contribution in [0.1, 0.15) is 11.4 Å². The molecule has 1 N–H and O–H groups in total. The van der Waals surface area contributed by atoms with Gasteiger partial charge in [-0.3, -0.25) is 0 Å². The molecule has 0 fully saturated rings. The van der Waals surface area contributed by atoms with Gasteiger partial charge in [-0.15, -0.1) is 15.3 Å². The Bertz CT molecular complexity index is 846. The second-order valence-electron chi connectivity index (χ2n) is 5.04. The number of alkyl halides is 3. The number of rotatable bonds is 5. The van der Waals surface area contributed by atoms with Crippen molar-refractivity contribution in [2.24, 2.45) is 0 Å². The van der Waals surface area contributed by atoms with Crippen molar-refractivity contribution >= 4 is 11.5 Å². The Labute approximate surface area is 135 Å². The van der Waals surface area contributed by atoms with Crippen molar-refractivity contribution < 1.29 is 17.9 Å². The summed E-state index contributed by atoms with van der Waals surface area (Å²) < 4.78 is 44.3. The fourth-order valence-electron chi connectivity index (χ4n) is 2.22. The fourth-order valence-corrected chi connectivity index (χ4v) is 2.22. The summed E-state index contributed by atoms with van der Waals surface area (Å²) in [4.78, 5) is 0. The van der Waals surface area contributed by atoms with Crippen LogP contribution in [0.25, 0.3) is 5.65 Å². The molecule has 6 nitrogen and oxygen atoms in total. The third-order valence-electron chi connectivity index (χ3n) is 3.37. The van der Waals surface area contributed by atoms with Gasteiger partial charge in [0.25, 0.3) is 5.82 Å². The van der Waals surface area contributed by atoms with Crippen LogP contribution >= 0.6 is 0 Å². The van der Waals surface area contributed by atoms with Crippen molar-refractivity contribution in [2.45, 2.75) is 12.6 Å². The Morgan fingerprint density at radius 3 is 2.75 bits per heavy atom. The summed E-state index contributed by atoms with van der Waals surface area (Å²) in [6.07, 6.45) is -3.93. The van der Waals surface area contributed by atoms with Crippen LogP contribution < -0.4 is 10.1 Å². The minimum atomic E-state index is -4.61. The summed E-state index contributed by atoms with van der Waals surface area (Å²) in [5, 5.41) is 13.5. The summed E-state index contributed by atoms with van der Waals surface area (Å²) in [5.41, 5.74) is 1.09. The monoisotopic (exact) mass is 337 g/mol. The first-order valence-corrected chi connectivity index (χ1v) is 7.14. The van der Waals surface area contributed by atoms with Crippen LogP contribution in [0.5, 0.6) is 5.75 Å². The van der Waals surface area contributed by atoms with Crippen LogP contribution in [0.2, 0.25) is 0 Å². The number of nitrogens with zero attached hydrogens (tertiary/aromatic N) is 4. The summed E-state index contributed by atoms with van der Waals surface area (Å²) in [5.74, 6) is -0.0732. The third kappa shape index (κ3) is 3.39. The lowest BCUT2D eigenvalue weighted by Gasteiger charge is -2.08. The number of ether oxygens (including phenoxy) is 1. The van der Waals surface area contributed by atoms with E-state index in [2.05, 4.69) is 20.6 Å². The first-order valence-electron chi connectivity index (χ1n) is 7.14. The average molecular weight is 337 g/mol. The molecule has 0 atom stereocenters. The number of aromatic nitrogens is 4. The largest absolute Gasteiger partial charge is 0.497 e. The summed E-state index contributed by atoms with van der Waals surface area (Å²) in [7, 11) is 1.59. The van der Waals surface area contributed by atoms with Gasteiger partial charge in [0.1, 0.15) is 11.6 Å². The van der Waals surface area contributed by atoms with Gasteiger partial charge in [-0.25, -0.2) is 0 Å². The Kier molecular flexibility index (Phi) is 4.24. The molecule has 0 aliphatic rings. The smallest absolute Gasteiger partial charge is 0.453 e. The molecule has 3 rings (SSSR count). The molecule has 2 heterocycles. The Balaban J connectivity index is 1.71. The van der Waals surface area contributed by atoms with Gasteiger partial charge < -0.3 is 10.1 Å². The van der Waals surface area contributed by atoms with Gasteiger partial charge in [0.15, 0.2) is 5.65 Å². The number of halogens is 3. The lowest BCUT2D eigenvalue weighted by atomic mass is 10.1. The number of hydrogen-bond donors (Lipinski definition) is 1. The third-order valence-corrected chi connectivity index (χ3v) is 3.37. The van der Waals surface area contributed by atoms with Crippen LogP contribution in [-0.2, 0) is 12.6 Å². The molecule has 0 aliphatic heterocycles. The van der Waals surface area contributed by atoms with Crippen LogP contribution in [0.15, 0.2) is 36.4 Å². The molecular weight excluding hydrogens is 323 g/mol. The topological polar surface area (TPSA) is 64.3 Å². The molecule has 9 heteroatoms. The second kappa shape index (κ2) is 6.34. The molecule has 24 heavy (non-hydrogen) atoms.